The van der Waals surface area contributed by atoms with Gasteiger partial charge in [0, 0.05) is 17.5 Å². The van der Waals surface area contributed by atoms with Gasteiger partial charge >= 0.3 is 0 Å². The molecule has 0 atom stereocenters. The van der Waals surface area contributed by atoms with Gasteiger partial charge in [0.05, 0.1) is 28.8 Å². The summed E-state index contributed by atoms with van der Waals surface area (Å²) in [4.78, 5) is 14.5. The van der Waals surface area contributed by atoms with Crippen molar-refractivity contribution < 1.29 is 13.9 Å². The summed E-state index contributed by atoms with van der Waals surface area (Å²) in [6.45, 7) is 4.45. The standard InChI is InChI=1S/C22H22Cl3N3O3/c1-14(2)28(13-20-26-27-22(31-20)16-6-3-4-7-17(16)24)21(29)8-5-11-30-19-10-9-15(23)12-18(19)25/h3-4,6-7,9-10,12,14H,5,8,11,13H2,1-2H3. The first kappa shape index (κ1) is 23.4. The molecule has 0 aliphatic rings. The van der Waals surface area contributed by atoms with E-state index in [1.807, 2.05) is 26.0 Å². The van der Waals surface area contributed by atoms with Crippen LogP contribution >= 0.6 is 34.8 Å². The molecule has 164 valence electrons. The SMILES string of the molecule is CC(C)N(Cc1nnc(-c2ccccc2Cl)o1)C(=O)CCCOc1ccc(Cl)cc1Cl. The predicted octanol–water partition coefficient (Wildman–Crippen LogP) is 6.29. The van der Waals surface area contributed by atoms with Crippen LogP contribution in [0.2, 0.25) is 15.1 Å². The number of carbonyl (C=O) groups is 1. The molecule has 3 rings (SSSR count). The quantitative estimate of drug-likeness (QED) is 0.335. The Bertz CT molecular complexity index is 1040. The van der Waals surface area contributed by atoms with Gasteiger partial charge < -0.3 is 14.1 Å². The maximum absolute atomic E-state index is 12.8. The third-order valence-corrected chi connectivity index (χ3v) is 5.37. The molecule has 0 unspecified atom stereocenters. The van der Waals surface area contributed by atoms with Gasteiger partial charge in [-0.05, 0) is 50.6 Å². The highest BCUT2D eigenvalue weighted by atomic mass is 35.5. The molecule has 0 spiro atoms. The second-order valence-corrected chi connectivity index (χ2v) is 8.37. The van der Waals surface area contributed by atoms with E-state index >= 15 is 0 Å². The van der Waals surface area contributed by atoms with Crippen molar-refractivity contribution in [3.05, 3.63) is 63.4 Å². The Labute approximate surface area is 196 Å². The lowest BCUT2D eigenvalue weighted by Gasteiger charge is -2.25. The second-order valence-electron chi connectivity index (χ2n) is 7.12. The van der Waals surface area contributed by atoms with Gasteiger partial charge in [0.1, 0.15) is 5.75 Å². The highest BCUT2D eigenvalue weighted by Crippen LogP contribution is 2.28. The van der Waals surface area contributed by atoms with Crippen LogP contribution in [0.3, 0.4) is 0 Å². The molecule has 31 heavy (non-hydrogen) atoms. The maximum atomic E-state index is 12.8. The van der Waals surface area contributed by atoms with Gasteiger partial charge in [-0.25, -0.2) is 0 Å². The summed E-state index contributed by atoms with van der Waals surface area (Å²) in [5.74, 6) is 1.18. The molecule has 0 saturated heterocycles. The lowest BCUT2D eigenvalue weighted by molar-refractivity contribution is -0.134. The Hall–Kier alpha value is -2.28. The van der Waals surface area contributed by atoms with E-state index in [0.717, 1.165) is 0 Å². The average Bonchev–Trinajstić information content (AvgIpc) is 3.19. The van der Waals surface area contributed by atoms with Crippen LogP contribution in [-0.2, 0) is 11.3 Å². The summed E-state index contributed by atoms with van der Waals surface area (Å²) in [6.07, 6.45) is 0.852. The summed E-state index contributed by atoms with van der Waals surface area (Å²) in [7, 11) is 0. The van der Waals surface area contributed by atoms with Crippen molar-refractivity contribution in [2.45, 2.75) is 39.3 Å². The minimum Gasteiger partial charge on any atom is -0.492 e. The van der Waals surface area contributed by atoms with Crippen molar-refractivity contribution in [2.75, 3.05) is 6.61 Å². The number of benzene rings is 2. The van der Waals surface area contributed by atoms with Crippen LogP contribution < -0.4 is 4.74 Å². The Morgan fingerprint density at radius 3 is 2.58 bits per heavy atom. The van der Waals surface area contributed by atoms with E-state index in [-0.39, 0.29) is 18.5 Å². The number of ether oxygens (including phenoxy) is 1. The molecular weight excluding hydrogens is 461 g/mol. The molecule has 1 amide bonds. The van der Waals surface area contributed by atoms with Gasteiger partial charge in [0.15, 0.2) is 0 Å². The summed E-state index contributed by atoms with van der Waals surface area (Å²) < 4.78 is 11.4. The highest BCUT2D eigenvalue weighted by Gasteiger charge is 2.21. The first-order valence-corrected chi connectivity index (χ1v) is 10.9. The zero-order valence-corrected chi connectivity index (χ0v) is 19.4. The van der Waals surface area contributed by atoms with Crippen LogP contribution in [0.15, 0.2) is 46.9 Å². The summed E-state index contributed by atoms with van der Waals surface area (Å²) >= 11 is 18.2. The number of halogens is 3. The molecule has 0 bridgehead atoms. The van der Waals surface area contributed by atoms with Crippen LogP contribution in [0, 0.1) is 0 Å². The topological polar surface area (TPSA) is 68.5 Å². The van der Waals surface area contributed by atoms with E-state index in [1.54, 1.807) is 35.2 Å². The van der Waals surface area contributed by atoms with Crippen LogP contribution in [0.25, 0.3) is 11.5 Å². The summed E-state index contributed by atoms with van der Waals surface area (Å²) in [5.41, 5.74) is 0.656. The van der Waals surface area contributed by atoms with Gasteiger partial charge in [0.2, 0.25) is 17.7 Å². The molecule has 1 heterocycles. The van der Waals surface area contributed by atoms with Crippen molar-refractivity contribution in [1.29, 1.82) is 0 Å². The molecule has 3 aromatic rings. The van der Waals surface area contributed by atoms with Crippen molar-refractivity contribution >= 4 is 40.7 Å². The molecule has 0 N–H and O–H groups in total. The molecule has 2 aromatic carbocycles. The van der Waals surface area contributed by atoms with Crippen LogP contribution in [-0.4, -0.2) is 33.7 Å². The zero-order valence-electron chi connectivity index (χ0n) is 17.1. The fourth-order valence-electron chi connectivity index (χ4n) is 2.91. The fourth-order valence-corrected chi connectivity index (χ4v) is 3.59. The van der Waals surface area contributed by atoms with E-state index in [2.05, 4.69) is 10.2 Å². The maximum Gasteiger partial charge on any atom is 0.249 e. The summed E-state index contributed by atoms with van der Waals surface area (Å²) in [5, 5.41) is 9.64. The Morgan fingerprint density at radius 2 is 1.87 bits per heavy atom. The van der Waals surface area contributed by atoms with Gasteiger partial charge in [-0.1, -0.05) is 46.9 Å². The van der Waals surface area contributed by atoms with Crippen molar-refractivity contribution in [2.24, 2.45) is 0 Å². The number of amides is 1. The average molecular weight is 483 g/mol. The molecule has 1 aromatic heterocycles. The van der Waals surface area contributed by atoms with Crippen molar-refractivity contribution in [3.63, 3.8) is 0 Å². The number of rotatable bonds is 9. The molecule has 0 aliphatic carbocycles. The Morgan fingerprint density at radius 1 is 1.10 bits per heavy atom. The van der Waals surface area contributed by atoms with Crippen LogP contribution in [0.1, 0.15) is 32.6 Å². The minimum absolute atomic E-state index is 0.0294. The third kappa shape index (κ3) is 6.35. The first-order valence-electron chi connectivity index (χ1n) is 9.79. The monoisotopic (exact) mass is 481 g/mol. The molecule has 0 saturated carbocycles. The van der Waals surface area contributed by atoms with E-state index < -0.39 is 0 Å². The number of nitrogens with zero attached hydrogens (tertiary/aromatic N) is 3. The minimum atomic E-state index is -0.0326. The van der Waals surface area contributed by atoms with Gasteiger partial charge in [-0.15, -0.1) is 10.2 Å². The fraction of sp³-hybridized carbons (Fsp3) is 0.318. The lowest BCUT2D eigenvalue weighted by Crippen LogP contribution is -2.36. The molecule has 0 aliphatic heterocycles. The number of aromatic nitrogens is 2. The molecule has 0 fully saturated rings. The predicted molar refractivity (Wildman–Crippen MR) is 122 cm³/mol. The molecular formula is C22H22Cl3N3O3. The summed E-state index contributed by atoms with van der Waals surface area (Å²) in [6, 6.07) is 12.2. The Balaban J connectivity index is 1.55. The Kier molecular flexibility index (Phi) is 8.18. The van der Waals surface area contributed by atoms with E-state index in [4.69, 9.17) is 44.0 Å². The van der Waals surface area contributed by atoms with Gasteiger partial charge in [-0.3, -0.25) is 4.79 Å². The smallest absolute Gasteiger partial charge is 0.249 e. The molecule has 9 heteroatoms. The van der Waals surface area contributed by atoms with Crippen LogP contribution in [0.4, 0.5) is 0 Å². The number of carbonyl (C=O) groups excluding carboxylic acids is 1. The van der Waals surface area contributed by atoms with Gasteiger partial charge in [0.25, 0.3) is 0 Å². The number of hydrogen-bond acceptors (Lipinski definition) is 5. The number of hydrogen-bond donors (Lipinski definition) is 0. The highest BCUT2D eigenvalue weighted by molar-refractivity contribution is 6.35. The third-order valence-electron chi connectivity index (χ3n) is 4.51. The zero-order chi connectivity index (χ0) is 22.4. The molecule has 0 radical (unpaired) electrons. The first-order chi connectivity index (χ1) is 14.8. The largest absolute Gasteiger partial charge is 0.492 e. The second kappa shape index (κ2) is 10.8. The van der Waals surface area contributed by atoms with E-state index in [1.165, 1.54) is 0 Å². The molecule has 6 nitrogen and oxygen atoms in total. The van der Waals surface area contributed by atoms with Crippen molar-refractivity contribution in [1.82, 2.24) is 15.1 Å². The lowest BCUT2D eigenvalue weighted by atomic mass is 10.2. The normalized spacial score (nSPS) is 11.0. The van der Waals surface area contributed by atoms with Gasteiger partial charge in [-0.2, -0.15) is 0 Å². The van der Waals surface area contributed by atoms with E-state index in [0.29, 0.717) is 57.6 Å². The van der Waals surface area contributed by atoms with Crippen molar-refractivity contribution in [3.8, 4) is 17.2 Å². The van der Waals surface area contributed by atoms with E-state index in [9.17, 15) is 4.79 Å². The van der Waals surface area contributed by atoms with Crippen LogP contribution in [0.5, 0.6) is 5.75 Å².